The van der Waals surface area contributed by atoms with Crippen molar-refractivity contribution in [3.63, 3.8) is 0 Å². The Bertz CT molecular complexity index is 769. The van der Waals surface area contributed by atoms with Crippen LogP contribution in [0.5, 0.6) is 0 Å². The average molecular weight is 305 g/mol. The number of carbonyl (C=O) groups excluding carboxylic acids is 2. The minimum atomic E-state index is -0.276. The van der Waals surface area contributed by atoms with Crippen molar-refractivity contribution in [2.75, 3.05) is 12.4 Å². The van der Waals surface area contributed by atoms with E-state index in [9.17, 15) is 9.59 Å². The lowest BCUT2D eigenvalue weighted by molar-refractivity contribution is -0.111. The molecule has 2 amide bonds. The van der Waals surface area contributed by atoms with Crippen molar-refractivity contribution < 1.29 is 9.59 Å². The van der Waals surface area contributed by atoms with Crippen LogP contribution < -0.4 is 10.6 Å². The highest BCUT2D eigenvalue weighted by Crippen LogP contribution is 2.10. The van der Waals surface area contributed by atoms with E-state index in [1.807, 2.05) is 6.07 Å². The van der Waals surface area contributed by atoms with E-state index < -0.39 is 0 Å². The Morgan fingerprint density at radius 2 is 1.70 bits per heavy atom. The molecule has 0 heterocycles. The fourth-order valence-corrected chi connectivity index (χ4v) is 1.87. The van der Waals surface area contributed by atoms with Gasteiger partial charge in [-0.15, -0.1) is 0 Å². The monoisotopic (exact) mass is 305 g/mol. The maximum atomic E-state index is 11.9. The van der Waals surface area contributed by atoms with Crippen molar-refractivity contribution in [3.8, 4) is 6.07 Å². The van der Waals surface area contributed by atoms with Crippen LogP contribution in [-0.2, 0) is 4.79 Å². The van der Waals surface area contributed by atoms with Gasteiger partial charge in [0.15, 0.2) is 0 Å². The van der Waals surface area contributed by atoms with Crippen molar-refractivity contribution >= 4 is 23.6 Å². The first kappa shape index (κ1) is 16.0. The number of amides is 2. The fraction of sp³-hybridized carbons (Fsp3) is 0.0556. The van der Waals surface area contributed by atoms with Crippen LogP contribution in [0.15, 0.2) is 54.6 Å². The molecule has 0 atom stereocenters. The number of nitrogens with one attached hydrogen (secondary N) is 2. The number of nitriles is 1. The number of benzene rings is 2. The normalized spacial score (nSPS) is 10.1. The molecule has 0 saturated heterocycles. The molecule has 0 aliphatic rings. The number of anilines is 1. The van der Waals surface area contributed by atoms with Crippen LogP contribution in [0.3, 0.4) is 0 Å². The first-order valence-electron chi connectivity index (χ1n) is 6.94. The van der Waals surface area contributed by atoms with Crippen LogP contribution in [0.2, 0.25) is 0 Å². The molecule has 5 heteroatoms. The zero-order valence-electron chi connectivity index (χ0n) is 12.5. The molecule has 0 saturated carbocycles. The summed E-state index contributed by atoms with van der Waals surface area (Å²) in [6.07, 6.45) is 3.07. The summed E-state index contributed by atoms with van der Waals surface area (Å²) in [4.78, 5) is 23.3. The fourth-order valence-electron chi connectivity index (χ4n) is 1.87. The van der Waals surface area contributed by atoms with Crippen LogP contribution >= 0.6 is 0 Å². The number of hydrogen-bond acceptors (Lipinski definition) is 3. The van der Waals surface area contributed by atoms with Gasteiger partial charge in [0.1, 0.15) is 0 Å². The van der Waals surface area contributed by atoms with Gasteiger partial charge >= 0.3 is 0 Å². The zero-order chi connectivity index (χ0) is 16.7. The van der Waals surface area contributed by atoms with Crippen LogP contribution in [0.25, 0.3) is 6.08 Å². The third kappa shape index (κ3) is 4.55. The van der Waals surface area contributed by atoms with E-state index in [1.54, 1.807) is 61.7 Å². The van der Waals surface area contributed by atoms with Crippen molar-refractivity contribution in [1.82, 2.24) is 5.32 Å². The van der Waals surface area contributed by atoms with E-state index in [4.69, 9.17) is 5.26 Å². The highest BCUT2D eigenvalue weighted by atomic mass is 16.2. The van der Waals surface area contributed by atoms with Crippen LogP contribution in [0.4, 0.5) is 5.69 Å². The first-order chi connectivity index (χ1) is 11.1. The van der Waals surface area contributed by atoms with Crippen molar-refractivity contribution in [3.05, 3.63) is 71.3 Å². The Morgan fingerprint density at radius 3 is 2.26 bits per heavy atom. The predicted octanol–water partition coefficient (Wildman–Crippen LogP) is 2.57. The van der Waals surface area contributed by atoms with Gasteiger partial charge in [0, 0.05) is 24.4 Å². The summed E-state index contributed by atoms with van der Waals surface area (Å²) in [7, 11) is 1.56. The Kier molecular flexibility index (Phi) is 5.26. The summed E-state index contributed by atoms with van der Waals surface area (Å²) in [6.45, 7) is 0. The van der Waals surface area contributed by atoms with Crippen LogP contribution in [0, 0.1) is 11.3 Å². The number of rotatable bonds is 4. The maximum Gasteiger partial charge on any atom is 0.251 e. The smallest absolute Gasteiger partial charge is 0.251 e. The van der Waals surface area contributed by atoms with E-state index in [0.717, 1.165) is 5.56 Å². The van der Waals surface area contributed by atoms with Crippen LogP contribution in [0.1, 0.15) is 21.5 Å². The molecule has 0 unspecified atom stereocenters. The van der Waals surface area contributed by atoms with Gasteiger partial charge in [0.25, 0.3) is 5.91 Å². The molecule has 23 heavy (non-hydrogen) atoms. The summed E-state index contributed by atoms with van der Waals surface area (Å²) >= 11 is 0. The minimum absolute atomic E-state index is 0.177. The second kappa shape index (κ2) is 7.57. The lowest BCUT2D eigenvalue weighted by atomic mass is 10.1. The largest absolute Gasteiger partial charge is 0.355 e. The maximum absolute atomic E-state index is 11.9. The summed E-state index contributed by atoms with van der Waals surface area (Å²) < 4.78 is 0. The van der Waals surface area contributed by atoms with Gasteiger partial charge in [0.2, 0.25) is 5.91 Å². The number of nitrogens with zero attached hydrogens (tertiary/aromatic N) is 1. The molecule has 0 aliphatic heterocycles. The molecule has 0 fully saturated rings. The third-order valence-corrected chi connectivity index (χ3v) is 3.11. The van der Waals surface area contributed by atoms with E-state index in [2.05, 4.69) is 10.6 Å². The standard InChI is InChI=1S/C18H15N3O2/c1-20-18(23)15-7-9-16(10-8-15)21-17(22)11-6-13-2-4-14(12-19)5-3-13/h2-11H,1H3,(H,20,23)(H,21,22)/b11-6+. The van der Waals surface area contributed by atoms with Gasteiger partial charge in [0.05, 0.1) is 11.6 Å². The lowest BCUT2D eigenvalue weighted by Gasteiger charge is -2.04. The van der Waals surface area contributed by atoms with E-state index in [-0.39, 0.29) is 11.8 Å². The number of carbonyl (C=O) groups is 2. The molecule has 2 N–H and O–H groups in total. The average Bonchev–Trinajstić information content (AvgIpc) is 2.60. The van der Waals surface area contributed by atoms with E-state index in [1.165, 1.54) is 6.08 Å². The topological polar surface area (TPSA) is 82.0 Å². The molecular formula is C18H15N3O2. The molecule has 2 aromatic rings. The predicted molar refractivity (Wildman–Crippen MR) is 88.7 cm³/mol. The molecule has 0 spiro atoms. The molecule has 2 rings (SSSR count). The highest BCUT2D eigenvalue weighted by molar-refractivity contribution is 6.02. The van der Waals surface area contributed by atoms with Crippen molar-refractivity contribution in [1.29, 1.82) is 5.26 Å². The molecule has 2 aromatic carbocycles. The summed E-state index contributed by atoms with van der Waals surface area (Å²) in [5.41, 5.74) is 2.53. The highest BCUT2D eigenvalue weighted by Gasteiger charge is 2.03. The van der Waals surface area contributed by atoms with Gasteiger partial charge in [-0.1, -0.05) is 12.1 Å². The summed E-state index contributed by atoms with van der Waals surface area (Å²) in [5, 5.41) is 14.0. The number of hydrogen-bond donors (Lipinski definition) is 2. The van der Waals surface area contributed by atoms with Gasteiger partial charge in [-0.2, -0.15) is 5.26 Å². The lowest BCUT2D eigenvalue weighted by Crippen LogP contribution is -2.17. The van der Waals surface area contributed by atoms with Crippen LogP contribution in [-0.4, -0.2) is 18.9 Å². The zero-order valence-corrected chi connectivity index (χ0v) is 12.5. The summed E-state index contributed by atoms with van der Waals surface area (Å²) in [5.74, 6) is -0.453. The molecule has 5 nitrogen and oxygen atoms in total. The van der Waals surface area contributed by atoms with E-state index >= 15 is 0 Å². The molecular weight excluding hydrogens is 290 g/mol. The van der Waals surface area contributed by atoms with Crippen molar-refractivity contribution in [2.45, 2.75) is 0 Å². The Morgan fingerprint density at radius 1 is 1.04 bits per heavy atom. The second-order valence-electron chi connectivity index (χ2n) is 4.71. The second-order valence-corrected chi connectivity index (χ2v) is 4.71. The van der Waals surface area contributed by atoms with Gasteiger partial charge in [-0.25, -0.2) is 0 Å². The van der Waals surface area contributed by atoms with E-state index in [0.29, 0.717) is 16.8 Å². The van der Waals surface area contributed by atoms with Gasteiger partial charge in [-0.05, 0) is 48.0 Å². The third-order valence-electron chi connectivity index (χ3n) is 3.11. The quantitative estimate of drug-likeness (QED) is 0.852. The summed E-state index contributed by atoms with van der Waals surface area (Å²) in [6, 6.07) is 15.5. The SMILES string of the molecule is CNC(=O)c1ccc(NC(=O)/C=C/c2ccc(C#N)cc2)cc1. The molecule has 0 aromatic heterocycles. The minimum Gasteiger partial charge on any atom is -0.355 e. The molecule has 0 aliphatic carbocycles. The Balaban J connectivity index is 1.97. The first-order valence-corrected chi connectivity index (χ1v) is 6.94. The molecule has 0 radical (unpaired) electrons. The molecule has 114 valence electrons. The van der Waals surface area contributed by atoms with Gasteiger partial charge in [-0.3, -0.25) is 9.59 Å². The van der Waals surface area contributed by atoms with Gasteiger partial charge < -0.3 is 10.6 Å². The Labute approximate surface area is 134 Å². The van der Waals surface area contributed by atoms with Crippen molar-refractivity contribution in [2.24, 2.45) is 0 Å². The Hall–Kier alpha value is -3.39. The molecule has 0 bridgehead atoms.